The number of carbonyl (C=O) groups is 1. The number of aliphatic hydroxyl groups excluding tert-OH is 1. The summed E-state index contributed by atoms with van der Waals surface area (Å²) in [4.78, 5) is 29.2. The predicted molar refractivity (Wildman–Crippen MR) is 154 cm³/mol. The van der Waals surface area contributed by atoms with Crippen molar-refractivity contribution in [3.05, 3.63) is 30.3 Å². The van der Waals surface area contributed by atoms with Gasteiger partial charge >= 0.3 is 0 Å². The van der Waals surface area contributed by atoms with Crippen LogP contribution in [0.3, 0.4) is 0 Å². The topological polar surface area (TPSA) is 94.1 Å². The van der Waals surface area contributed by atoms with Crippen LogP contribution in [0.25, 0.3) is 11.4 Å². The number of aliphatic hydroxyl groups is 1. The lowest BCUT2D eigenvalue weighted by Gasteiger charge is -2.36. The standard InChI is InChI=1S/C30H44N6O3/c1-21(37)36-14-8-10-23-18-35(19-27(23)36)29-16-28(34(3)24-11-5-4-6-12-24)32-30(33-29)22-9-7-13-26(15-22)39-20-25(38)17-31-2/h7,9,13,15-16,23-25,27,31,38H,4-6,8,10-12,14,17-20H2,1-3H3/t23-,25?,27+/m0/s1. The molecule has 3 fully saturated rings. The van der Waals surface area contributed by atoms with Gasteiger partial charge in [0, 0.05) is 57.8 Å². The van der Waals surface area contributed by atoms with E-state index < -0.39 is 6.10 Å². The van der Waals surface area contributed by atoms with E-state index in [9.17, 15) is 9.90 Å². The van der Waals surface area contributed by atoms with Crippen LogP contribution in [0.2, 0.25) is 0 Å². The molecule has 0 radical (unpaired) electrons. The molecule has 9 heteroatoms. The number of rotatable bonds is 9. The molecule has 9 nitrogen and oxygen atoms in total. The molecule has 2 aromatic rings. The van der Waals surface area contributed by atoms with Crippen LogP contribution in [0.5, 0.6) is 5.75 Å². The van der Waals surface area contributed by atoms with Gasteiger partial charge in [0.15, 0.2) is 5.82 Å². The zero-order chi connectivity index (χ0) is 27.4. The fourth-order valence-electron chi connectivity index (χ4n) is 6.52. The minimum Gasteiger partial charge on any atom is -0.491 e. The van der Waals surface area contributed by atoms with Crippen LogP contribution in [0.4, 0.5) is 11.6 Å². The molecule has 3 aliphatic rings. The second-order valence-corrected chi connectivity index (χ2v) is 11.4. The summed E-state index contributed by atoms with van der Waals surface area (Å²) in [5.74, 6) is 3.86. The van der Waals surface area contributed by atoms with Crippen LogP contribution in [-0.4, -0.2) is 91.0 Å². The predicted octanol–water partition coefficient (Wildman–Crippen LogP) is 3.32. The Bertz CT molecular complexity index is 1120. The van der Waals surface area contributed by atoms with Crippen molar-refractivity contribution in [3.8, 4) is 17.1 Å². The molecular formula is C30H44N6O3. The Morgan fingerprint density at radius 3 is 2.74 bits per heavy atom. The van der Waals surface area contributed by atoms with E-state index in [1.54, 1.807) is 6.92 Å². The number of benzene rings is 1. The Balaban J connectivity index is 1.45. The number of amides is 1. The van der Waals surface area contributed by atoms with Crippen LogP contribution >= 0.6 is 0 Å². The van der Waals surface area contributed by atoms with Crippen LogP contribution in [0.1, 0.15) is 51.9 Å². The molecule has 3 atom stereocenters. The molecule has 1 amide bonds. The number of likely N-dealkylation sites (tertiary alicyclic amines) is 1. The van der Waals surface area contributed by atoms with Gasteiger partial charge in [-0.2, -0.15) is 0 Å². The number of ether oxygens (including phenoxy) is 1. The molecule has 0 spiro atoms. The average molecular weight is 537 g/mol. The highest BCUT2D eigenvalue weighted by atomic mass is 16.5. The summed E-state index contributed by atoms with van der Waals surface area (Å²) >= 11 is 0. The maximum Gasteiger partial charge on any atom is 0.219 e. The molecular weight excluding hydrogens is 492 g/mol. The van der Waals surface area contributed by atoms with Gasteiger partial charge in [0.1, 0.15) is 30.1 Å². The normalized spacial score (nSPS) is 22.5. The van der Waals surface area contributed by atoms with E-state index in [4.69, 9.17) is 14.7 Å². The molecule has 2 aliphatic heterocycles. The third-order valence-electron chi connectivity index (χ3n) is 8.67. The van der Waals surface area contributed by atoms with Gasteiger partial charge < -0.3 is 29.9 Å². The lowest BCUT2D eigenvalue weighted by Crippen LogP contribution is -2.47. The van der Waals surface area contributed by atoms with Crippen molar-refractivity contribution in [2.24, 2.45) is 5.92 Å². The van der Waals surface area contributed by atoms with Gasteiger partial charge in [0.2, 0.25) is 5.91 Å². The number of nitrogens with one attached hydrogen (secondary N) is 1. The van der Waals surface area contributed by atoms with Crippen LogP contribution < -0.4 is 19.9 Å². The van der Waals surface area contributed by atoms with E-state index in [0.717, 1.165) is 49.7 Å². The molecule has 0 bridgehead atoms. The van der Waals surface area contributed by atoms with Gasteiger partial charge in [-0.1, -0.05) is 31.4 Å². The maximum atomic E-state index is 12.3. The van der Waals surface area contributed by atoms with Gasteiger partial charge in [-0.05, 0) is 50.8 Å². The van der Waals surface area contributed by atoms with E-state index in [0.29, 0.717) is 30.1 Å². The second-order valence-electron chi connectivity index (χ2n) is 11.4. The third kappa shape index (κ3) is 6.47. The monoisotopic (exact) mass is 536 g/mol. The van der Waals surface area contributed by atoms with Gasteiger partial charge in [0.25, 0.3) is 0 Å². The molecule has 39 heavy (non-hydrogen) atoms. The Kier molecular flexibility index (Phi) is 8.87. The fourth-order valence-corrected chi connectivity index (χ4v) is 6.52. The van der Waals surface area contributed by atoms with Crippen molar-refractivity contribution in [1.82, 2.24) is 20.2 Å². The molecule has 2 N–H and O–H groups in total. The Morgan fingerprint density at radius 1 is 1.15 bits per heavy atom. The van der Waals surface area contributed by atoms with Crippen molar-refractivity contribution in [1.29, 1.82) is 0 Å². The summed E-state index contributed by atoms with van der Waals surface area (Å²) in [7, 11) is 3.97. The first-order valence-electron chi connectivity index (χ1n) is 14.6. The number of aromatic nitrogens is 2. The Labute approximate surface area is 232 Å². The number of fused-ring (bicyclic) bond motifs is 1. The van der Waals surface area contributed by atoms with Crippen LogP contribution in [-0.2, 0) is 4.79 Å². The lowest BCUT2D eigenvalue weighted by molar-refractivity contribution is -0.132. The highest BCUT2D eigenvalue weighted by Crippen LogP contribution is 2.36. The van der Waals surface area contributed by atoms with Crippen molar-refractivity contribution < 1.29 is 14.6 Å². The summed E-state index contributed by atoms with van der Waals surface area (Å²) in [5.41, 5.74) is 0.887. The van der Waals surface area contributed by atoms with Crippen molar-refractivity contribution in [2.75, 3.05) is 56.7 Å². The number of hydrogen-bond donors (Lipinski definition) is 2. The number of piperidine rings is 1. The summed E-state index contributed by atoms with van der Waals surface area (Å²) < 4.78 is 5.88. The molecule has 1 aliphatic carbocycles. The summed E-state index contributed by atoms with van der Waals surface area (Å²) in [6, 6.07) is 10.7. The van der Waals surface area contributed by atoms with E-state index in [1.165, 1.54) is 32.1 Å². The first-order chi connectivity index (χ1) is 18.9. The van der Waals surface area contributed by atoms with E-state index in [2.05, 4.69) is 33.1 Å². The smallest absolute Gasteiger partial charge is 0.219 e. The van der Waals surface area contributed by atoms with Crippen LogP contribution in [0.15, 0.2) is 30.3 Å². The molecule has 2 saturated heterocycles. The molecule has 1 aromatic heterocycles. The third-order valence-corrected chi connectivity index (χ3v) is 8.67. The zero-order valence-corrected chi connectivity index (χ0v) is 23.7. The first-order valence-corrected chi connectivity index (χ1v) is 14.6. The lowest BCUT2D eigenvalue weighted by atomic mass is 9.92. The Hall–Kier alpha value is -2.91. The van der Waals surface area contributed by atoms with Crippen molar-refractivity contribution >= 4 is 17.5 Å². The number of nitrogens with zero attached hydrogens (tertiary/aromatic N) is 5. The minimum absolute atomic E-state index is 0.171. The molecule has 5 rings (SSSR count). The summed E-state index contributed by atoms with van der Waals surface area (Å²) in [6.45, 7) is 4.94. The van der Waals surface area contributed by atoms with Gasteiger partial charge in [-0.3, -0.25) is 4.79 Å². The number of hydrogen-bond acceptors (Lipinski definition) is 8. The molecule has 212 valence electrons. The fraction of sp³-hybridized carbons (Fsp3) is 0.633. The highest BCUT2D eigenvalue weighted by Gasteiger charge is 2.40. The average Bonchev–Trinajstić information content (AvgIpc) is 3.41. The van der Waals surface area contributed by atoms with E-state index in [1.807, 2.05) is 31.3 Å². The van der Waals surface area contributed by atoms with E-state index in [-0.39, 0.29) is 18.6 Å². The molecule has 1 aromatic carbocycles. The molecule has 1 saturated carbocycles. The van der Waals surface area contributed by atoms with Gasteiger partial charge in [-0.15, -0.1) is 0 Å². The second kappa shape index (κ2) is 12.5. The Morgan fingerprint density at radius 2 is 1.97 bits per heavy atom. The van der Waals surface area contributed by atoms with Gasteiger partial charge in [-0.25, -0.2) is 9.97 Å². The largest absolute Gasteiger partial charge is 0.491 e. The number of likely N-dealkylation sites (N-methyl/N-ethyl adjacent to an activating group) is 1. The quantitative estimate of drug-likeness (QED) is 0.504. The first kappa shape index (κ1) is 27.6. The zero-order valence-electron chi connectivity index (χ0n) is 23.7. The van der Waals surface area contributed by atoms with E-state index >= 15 is 0 Å². The minimum atomic E-state index is -0.581. The molecule has 3 heterocycles. The SMILES string of the molecule is CNCC(O)COc1cccc(-c2nc(N3C[C@@H]4CCCN(C(C)=O)[C@@H]4C3)cc(N(C)C3CCCCC3)n2)c1. The maximum absolute atomic E-state index is 12.3. The summed E-state index contributed by atoms with van der Waals surface area (Å²) in [5, 5.41) is 13.0. The van der Waals surface area contributed by atoms with Crippen molar-refractivity contribution in [3.63, 3.8) is 0 Å². The molecule has 1 unspecified atom stereocenters. The van der Waals surface area contributed by atoms with Crippen LogP contribution in [0, 0.1) is 5.92 Å². The van der Waals surface area contributed by atoms with Crippen molar-refractivity contribution in [2.45, 2.75) is 70.1 Å². The number of carbonyl (C=O) groups excluding carboxylic acids is 1. The summed E-state index contributed by atoms with van der Waals surface area (Å²) in [6.07, 6.45) is 7.83. The number of anilines is 2. The highest BCUT2D eigenvalue weighted by molar-refractivity contribution is 5.74. The van der Waals surface area contributed by atoms with Gasteiger partial charge in [0.05, 0.1) is 6.04 Å².